The Labute approximate surface area is 110 Å². The normalized spacial score (nSPS) is 29.2. The Balaban J connectivity index is 1.81. The molecule has 1 atom stereocenters. The van der Waals surface area contributed by atoms with Gasteiger partial charge in [-0.25, -0.2) is 0 Å². The van der Waals surface area contributed by atoms with Gasteiger partial charge in [0.1, 0.15) is 0 Å². The molecule has 1 saturated heterocycles. The van der Waals surface area contributed by atoms with Crippen molar-refractivity contribution in [2.45, 2.75) is 51.0 Å². The molecule has 4 nitrogen and oxygen atoms in total. The van der Waals surface area contributed by atoms with Crippen molar-refractivity contribution >= 4 is 5.91 Å². The summed E-state index contributed by atoms with van der Waals surface area (Å²) in [6.45, 7) is 4.68. The highest BCUT2D eigenvalue weighted by atomic mass is 16.5. The molecule has 104 valence electrons. The van der Waals surface area contributed by atoms with Gasteiger partial charge in [-0.1, -0.05) is 6.92 Å². The van der Waals surface area contributed by atoms with Gasteiger partial charge in [-0.2, -0.15) is 0 Å². The van der Waals surface area contributed by atoms with Crippen molar-refractivity contribution in [2.75, 3.05) is 26.8 Å². The Morgan fingerprint density at radius 1 is 1.39 bits per heavy atom. The molecule has 1 amide bonds. The van der Waals surface area contributed by atoms with Crippen LogP contribution in [0.4, 0.5) is 0 Å². The molecule has 0 aromatic heterocycles. The summed E-state index contributed by atoms with van der Waals surface area (Å²) in [4.78, 5) is 12.3. The molecule has 1 aliphatic carbocycles. The number of nitrogens with one attached hydrogen (secondary N) is 2. The van der Waals surface area contributed by atoms with Crippen LogP contribution in [0, 0.1) is 5.41 Å². The molecule has 2 aliphatic rings. The first kappa shape index (κ1) is 13.8. The molecule has 0 bridgehead atoms. The van der Waals surface area contributed by atoms with E-state index in [1.807, 2.05) is 0 Å². The highest BCUT2D eigenvalue weighted by molar-refractivity contribution is 5.86. The van der Waals surface area contributed by atoms with Crippen LogP contribution in [0.2, 0.25) is 0 Å². The maximum Gasteiger partial charge on any atom is 0.240 e. The smallest absolute Gasteiger partial charge is 0.240 e. The molecule has 4 heteroatoms. The van der Waals surface area contributed by atoms with E-state index in [0.717, 1.165) is 45.4 Å². The molecule has 1 heterocycles. The zero-order valence-electron chi connectivity index (χ0n) is 11.7. The number of carbonyl (C=O) groups excluding carboxylic acids is 1. The molecule has 0 aromatic carbocycles. The van der Waals surface area contributed by atoms with E-state index in [1.54, 1.807) is 7.11 Å². The standard InChI is InChI=1S/C14H26N2O2/c1-3-14(5-4-9-16-14)12(17)15-11-13(6-7-13)8-10-18-2/h16H,3-11H2,1-2H3,(H,15,17). The second kappa shape index (κ2) is 5.57. The van der Waals surface area contributed by atoms with E-state index >= 15 is 0 Å². The molecule has 0 spiro atoms. The van der Waals surface area contributed by atoms with E-state index in [1.165, 1.54) is 12.8 Å². The Kier molecular flexibility index (Phi) is 4.28. The van der Waals surface area contributed by atoms with Crippen LogP contribution in [0.1, 0.15) is 45.4 Å². The minimum Gasteiger partial charge on any atom is -0.385 e. The quantitative estimate of drug-likeness (QED) is 0.723. The molecule has 2 N–H and O–H groups in total. The lowest BCUT2D eigenvalue weighted by Gasteiger charge is -2.28. The SMILES string of the molecule is CCC1(C(=O)NCC2(CCOC)CC2)CCCN1. The van der Waals surface area contributed by atoms with E-state index in [9.17, 15) is 4.79 Å². The predicted molar refractivity (Wildman–Crippen MR) is 71.4 cm³/mol. The zero-order chi connectivity index (χ0) is 13.1. The lowest BCUT2D eigenvalue weighted by Crippen LogP contribution is -2.54. The average Bonchev–Trinajstić information content (AvgIpc) is 2.99. The third kappa shape index (κ3) is 2.86. The van der Waals surface area contributed by atoms with Gasteiger partial charge >= 0.3 is 0 Å². The van der Waals surface area contributed by atoms with Crippen molar-refractivity contribution in [1.82, 2.24) is 10.6 Å². The van der Waals surface area contributed by atoms with Crippen LogP contribution >= 0.6 is 0 Å². The lowest BCUT2D eigenvalue weighted by molar-refractivity contribution is -0.127. The van der Waals surface area contributed by atoms with Gasteiger partial charge in [-0.05, 0) is 50.5 Å². The predicted octanol–water partition coefficient (Wildman–Crippen LogP) is 1.45. The number of rotatable bonds is 7. The van der Waals surface area contributed by atoms with Crippen molar-refractivity contribution in [1.29, 1.82) is 0 Å². The first-order valence-electron chi connectivity index (χ1n) is 7.19. The second-order valence-electron chi connectivity index (χ2n) is 5.89. The minimum absolute atomic E-state index is 0.200. The van der Waals surface area contributed by atoms with Gasteiger partial charge in [-0.15, -0.1) is 0 Å². The Morgan fingerprint density at radius 3 is 2.67 bits per heavy atom. The number of methoxy groups -OCH3 is 1. The van der Waals surface area contributed by atoms with Crippen LogP contribution in [-0.2, 0) is 9.53 Å². The Hall–Kier alpha value is -0.610. The summed E-state index contributed by atoms with van der Waals surface area (Å²) in [6, 6.07) is 0. The maximum atomic E-state index is 12.3. The summed E-state index contributed by atoms with van der Waals surface area (Å²) in [7, 11) is 1.74. The topological polar surface area (TPSA) is 50.4 Å². The van der Waals surface area contributed by atoms with Crippen LogP contribution in [0.25, 0.3) is 0 Å². The van der Waals surface area contributed by atoms with E-state index in [4.69, 9.17) is 4.74 Å². The van der Waals surface area contributed by atoms with E-state index in [-0.39, 0.29) is 11.4 Å². The molecule has 0 aromatic rings. The fourth-order valence-electron chi connectivity index (χ4n) is 2.91. The Morgan fingerprint density at radius 2 is 2.17 bits per heavy atom. The largest absolute Gasteiger partial charge is 0.385 e. The number of carbonyl (C=O) groups is 1. The third-order valence-electron chi connectivity index (χ3n) is 4.70. The summed E-state index contributed by atoms with van der Waals surface area (Å²) in [6.07, 6.45) is 6.48. The molecule has 0 radical (unpaired) electrons. The fourth-order valence-corrected chi connectivity index (χ4v) is 2.91. The molecule has 2 fully saturated rings. The molecule has 1 saturated carbocycles. The van der Waals surface area contributed by atoms with Gasteiger partial charge in [0, 0.05) is 20.3 Å². The minimum atomic E-state index is -0.294. The second-order valence-corrected chi connectivity index (χ2v) is 5.89. The molecule has 2 rings (SSSR count). The summed E-state index contributed by atoms with van der Waals surface area (Å²) < 4.78 is 5.14. The molecular formula is C14H26N2O2. The van der Waals surface area contributed by atoms with E-state index in [2.05, 4.69) is 17.6 Å². The summed E-state index contributed by atoms with van der Waals surface area (Å²) >= 11 is 0. The van der Waals surface area contributed by atoms with Crippen molar-refractivity contribution in [2.24, 2.45) is 5.41 Å². The summed E-state index contributed by atoms with van der Waals surface area (Å²) in [5.74, 6) is 0.200. The van der Waals surface area contributed by atoms with Crippen LogP contribution in [-0.4, -0.2) is 38.3 Å². The first-order valence-corrected chi connectivity index (χ1v) is 7.19. The fraction of sp³-hybridized carbons (Fsp3) is 0.929. The summed E-state index contributed by atoms with van der Waals surface area (Å²) in [5.41, 5.74) is 0.0382. The number of ether oxygens (including phenoxy) is 1. The van der Waals surface area contributed by atoms with Crippen molar-refractivity contribution in [3.63, 3.8) is 0 Å². The molecular weight excluding hydrogens is 228 g/mol. The molecule has 18 heavy (non-hydrogen) atoms. The molecule has 1 unspecified atom stereocenters. The van der Waals surface area contributed by atoms with Gasteiger partial charge in [0.05, 0.1) is 5.54 Å². The van der Waals surface area contributed by atoms with Gasteiger partial charge in [-0.3, -0.25) is 4.79 Å². The van der Waals surface area contributed by atoms with E-state index in [0.29, 0.717) is 5.41 Å². The zero-order valence-corrected chi connectivity index (χ0v) is 11.7. The average molecular weight is 254 g/mol. The molecule has 1 aliphatic heterocycles. The first-order chi connectivity index (χ1) is 8.66. The third-order valence-corrected chi connectivity index (χ3v) is 4.70. The number of hydrogen-bond donors (Lipinski definition) is 2. The van der Waals surface area contributed by atoms with Gasteiger partial charge in [0.25, 0.3) is 0 Å². The Bertz CT molecular complexity index is 294. The van der Waals surface area contributed by atoms with Crippen molar-refractivity contribution < 1.29 is 9.53 Å². The lowest BCUT2D eigenvalue weighted by atomic mass is 9.92. The van der Waals surface area contributed by atoms with Crippen molar-refractivity contribution in [3.8, 4) is 0 Å². The van der Waals surface area contributed by atoms with Crippen LogP contribution in [0.3, 0.4) is 0 Å². The van der Waals surface area contributed by atoms with Gasteiger partial charge in [0.15, 0.2) is 0 Å². The summed E-state index contributed by atoms with van der Waals surface area (Å²) in [5, 5.41) is 6.55. The number of hydrogen-bond acceptors (Lipinski definition) is 3. The van der Waals surface area contributed by atoms with Crippen molar-refractivity contribution in [3.05, 3.63) is 0 Å². The van der Waals surface area contributed by atoms with Crippen LogP contribution in [0.5, 0.6) is 0 Å². The van der Waals surface area contributed by atoms with E-state index < -0.39 is 0 Å². The van der Waals surface area contributed by atoms with Gasteiger partial charge < -0.3 is 15.4 Å². The highest BCUT2D eigenvalue weighted by Gasteiger charge is 2.44. The van der Waals surface area contributed by atoms with Crippen LogP contribution in [0.15, 0.2) is 0 Å². The number of amides is 1. The monoisotopic (exact) mass is 254 g/mol. The highest BCUT2D eigenvalue weighted by Crippen LogP contribution is 2.48. The maximum absolute atomic E-state index is 12.3. The van der Waals surface area contributed by atoms with Crippen LogP contribution < -0.4 is 10.6 Å². The van der Waals surface area contributed by atoms with Gasteiger partial charge in [0.2, 0.25) is 5.91 Å².